The molecule has 0 saturated carbocycles. The zero-order valence-corrected chi connectivity index (χ0v) is 12.9. The Morgan fingerprint density at radius 3 is 2.82 bits per heavy atom. The average molecular weight is 372 g/mol. The Bertz CT molecular complexity index is 700. The largest absolute Gasteiger partial charge is 0.337 e. The molecule has 86 valence electrons. The first-order valence-corrected chi connectivity index (χ1v) is 7.51. The first-order valence-electron chi connectivity index (χ1n) is 5.04. The van der Waals surface area contributed by atoms with Crippen molar-refractivity contribution < 1.29 is 0 Å². The maximum atomic E-state index is 4.66. The molecule has 0 amide bonds. The van der Waals surface area contributed by atoms with Crippen molar-refractivity contribution in [3.63, 3.8) is 0 Å². The van der Waals surface area contributed by atoms with E-state index in [0.29, 0.717) is 0 Å². The van der Waals surface area contributed by atoms with E-state index in [0.717, 1.165) is 30.7 Å². The van der Waals surface area contributed by atoms with Gasteiger partial charge in [-0.1, -0.05) is 15.9 Å². The number of nitrogens with zero attached hydrogens (tertiary/aromatic N) is 1. The van der Waals surface area contributed by atoms with Crippen LogP contribution in [0.1, 0.15) is 5.56 Å². The molecule has 2 aromatic heterocycles. The molecule has 17 heavy (non-hydrogen) atoms. The summed E-state index contributed by atoms with van der Waals surface area (Å²) in [6.07, 6.45) is 0. The number of nitrogens with one attached hydrogen (secondary N) is 1. The number of aromatic amines is 1. The van der Waals surface area contributed by atoms with Gasteiger partial charge in [0.25, 0.3) is 0 Å². The molecule has 5 heteroatoms. The van der Waals surface area contributed by atoms with Crippen LogP contribution in [0.25, 0.3) is 21.7 Å². The van der Waals surface area contributed by atoms with Gasteiger partial charge >= 0.3 is 0 Å². The quantitative estimate of drug-likeness (QED) is 0.631. The lowest BCUT2D eigenvalue weighted by atomic mass is 10.2. The molecule has 0 radical (unpaired) electrons. The molecule has 0 fully saturated rings. The van der Waals surface area contributed by atoms with E-state index in [9.17, 15) is 0 Å². The number of thiophene rings is 1. The first-order chi connectivity index (χ1) is 8.15. The Balaban J connectivity index is 2.27. The van der Waals surface area contributed by atoms with Gasteiger partial charge in [0, 0.05) is 8.95 Å². The van der Waals surface area contributed by atoms with Crippen LogP contribution < -0.4 is 0 Å². The molecule has 1 aromatic carbocycles. The van der Waals surface area contributed by atoms with Crippen molar-refractivity contribution in [1.82, 2.24) is 9.97 Å². The monoisotopic (exact) mass is 370 g/mol. The topological polar surface area (TPSA) is 28.7 Å². The van der Waals surface area contributed by atoms with Gasteiger partial charge in [-0.25, -0.2) is 4.98 Å². The molecule has 0 atom stereocenters. The fraction of sp³-hybridized carbons (Fsp3) is 0.0833. The van der Waals surface area contributed by atoms with E-state index in [1.54, 1.807) is 11.3 Å². The summed E-state index contributed by atoms with van der Waals surface area (Å²) in [6, 6.07) is 6.17. The summed E-state index contributed by atoms with van der Waals surface area (Å²) >= 11 is 8.71. The van der Waals surface area contributed by atoms with Crippen LogP contribution in [0.3, 0.4) is 0 Å². The van der Waals surface area contributed by atoms with Crippen LogP contribution in [0, 0.1) is 6.92 Å². The number of hydrogen-bond donors (Lipinski definition) is 1. The third-order valence-electron chi connectivity index (χ3n) is 2.57. The second-order valence-electron chi connectivity index (χ2n) is 3.80. The lowest BCUT2D eigenvalue weighted by Crippen LogP contribution is -1.77. The molecule has 0 aliphatic heterocycles. The Hall–Kier alpha value is -0.650. The van der Waals surface area contributed by atoms with Gasteiger partial charge in [-0.05, 0) is 52.0 Å². The summed E-state index contributed by atoms with van der Waals surface area (Å²) in [5.74, 6) is 0.920. The van der Waals surface area contributed by atoms with E-state index in [1.165, 1.54) is 5.56 Å². The molecule has 1 N–H and O–H groups in total. The molecule has 2 nitrogen and oxygen atoms in total. The third-order valence-corrected chi connectivity index (χ3v) is 4.88. The third kappa shape index (κ3) is 1.96. The minimum Gasteiger partial charge on any atom is -0.337 e. The van der Waals surface area contributed by atoms with Crippen molar-refractivity contribution in [2.45, 2.75) is 6.92 Å². The smallest absolute Gasteiger partial charge is 0.149 e. The zero-order valence-electron chi connectivity index (χ0n) is 8.92. The number of benzene rings is 1. The van der Waals surface area contributed by atoms with Crippen LogP contribution >= 0.6 is 43.2 Å². The zero-order chi connectivity index (χ0) is 12.0. The van der Waals surface area contributed by atoms with Gasteiger partial charge in [0.1, 0.15) is 5.82 Å². The van der Waals surface area contributed by atoms with Gasteiger partial charge < -0.3 is 4.98 Å². The summed E-state index contributed by atoms with van der Waals surface area (Å²) in [7, 11) is 0. The molecule has 0 spiro atoms. The van der Waals surface area contributed by atoms with E-state index in [4.69, 9.17) is 0 Å². The van der Waals surface area contributed by atoms with Crippen LogP contribution in [-0.2, 0) is 0 Å². The summed E-state index contributed by atoms with van der Waals surface area (Å²) < 4.78 is 2.15. The first kappa shape index (κ1) is 11.4. The fourth-order valence-corrected chi connectivity index (χ4v) is 3.89. The van der Waals surface area contributed by atoms with Gasteiger partial charge in [-0.3, -0.25) is 0 Å². The van der Waals surface area contributed by atoms with Crippen molar-refractivity contribution >= 4 is 54.2 Å². The Labute approximate surface area is 119 Å². The molecule has 3 aromatic rings. The van der Waals surface area contributed by atoms with Crippen LogP contribution in [0.5, 0.6) is 0 Å². The van der Waals surface area contributed by atoms with E-state index < -0.39 is 0 Å². The number of aryl methyl sites for hydroxylation is 1. The number of H-pyrrole nitrogens is 1. The van der Waals surface area contributed by atoms with Crippen molar-refractivity contribution in [3.8, 4) is 10.7 Å². The Morgan fingerprint density at radius 2 is 2.12 bits per heavy atom. The van der Waals surface area contributed by atoms with Gasteiger partial charge in [-0.2, -0.15) is 0 Å². The summed E-state index contributed by atoms with van der Waals surface area (Å²) in [5.41, 5.74) is 3.26. The normalized spacial score (nSPS) is 11.2. The van der Waals surface area contributed by atoms with Gasteiger partial charge in [0.15, 0.2) is 0 Å². The fourth-order valence-electron chi connectivity index (χ4n) is 1.82. The van der Waals surface area contributed by atoms with Crippen LogP contribution in [0.2, 0.25) is 0 Å². The van der Waals surface area contributed by atoms with E-state index in [-0.39, 0.29) is 0 Å². The van der Waals surface area contributed by atoms with E-state index in [1.807, 2.05) is 6.07 Å². The molecule has 0 saturated heterocycles. The van der Waals surface area contributed by atoms with Crippen molar-refractivity contribution in [1.29, 1.82) is 0 Å². The minimum absolute atomic E-state index is 0.920. The lowest BCUT2D eigenvalue weighted by Gasteiger charge is -1.94. The second-order valence-corrected chi connectivity index (χ2v) is 6.49. The van der Waals surface area contributed by atoms with Gasteiger partial charge in [0.2, 0.25) is 0 Å². The van der Waals surface area contributed by atoms with Crippen molar-refractivity contribution in [3.05, 3.63) is 38.1 Å². The lowest BCUT2D eigenvalue weighted by molar-refractivity contribution is 1.35. The standard InChI is InChI=1S/C12H8Br2N2S/c1-6-4-7(13)5-9-10(6)16-12(15-9)11-8(14)2-3-17-11/h2-5H,1H3,(H,15,16). The Kier molecular flexibility index (Phi) is 2.84. The highest BCUT2D eigenvalue weighted by Crippen LogP contribution is 2.33. The Morgan fingerprint density at radius 1 is 1.29 bits per heavy atom. The highest BCUT2D eigenvalue weighted by Gasteiger charge is 2.11. The highest BCUT2D eigenvalue weighted by molar-refractivity contribution is 9.10. The predicted octanol–water partition coefficient (Wildman–Crippen LogP) is 5.12. The van der Waals surface area contributed by atoms with Gasteiger partial charge in [0.05, 0.1) is 15.9 Å². The van der Waals surface area contributed by atoms with Crippen LogP contribution in [0.15, 0.2) is 32.5 Å². The summed E-state index contributed by atoms with van der Waals surface area (Å²) in [6.45, 7) is 2.07. The van der Waals surface area contributed by atoms with Crippen LogP contribution in [0.4, 0.5) is 0 Å². The van der Waals surface area contributed by atoms with Crippen molar-refractivity contribution in [2.24, 2.45) is 0 Å². The number of fused-ring (bicyclic) bond motifs is 1. The molecule has 0 aliphatic carbocycles. The van der Waals surface area contributed by atoms with E-state index in [2.05, 4.69) is 66.3 Å². The number of rotatable bonds is 1. The maximum absolute atomic E-state index is 4.66. The number of hydrogen-bond acceptors (Lipinski definition) is 2. The number of halogens is 2. The average Bonchev–Trinajstić information content (AvgIpc) is 2.83. The molecular weight excluding hydrogens is 364 g/mol. The minimum atomic E-state index is 0.920. The van der Waals surface area contributed by atoms with Crippen LogP contribution in [-0.4, -0.2) is 9.97 Å². The molecule has 0 aliphatic rings. The molecule has 0 unspecified atom stereocenters. The molecule has 0 bridgehead atoms. The van der Waals surface area contributed by atoms with E-state index >= 15 is 0 Å². The molecule has 2 heterocycles. The maximum Gasteiger partial charge on any atom is 0.149 e. The number of aromatic nitrogens is 2. The molecular formula is C12H8Br2N2S. The highest BCUT2D eigenvalue weighted by atomic mass is 79.9. The predicted molar refractivity (Wildman–Crippen MR) is 79.5 cm³/mol. The summed E-state index contributed by atoms with van der Waals surface area (Å²) in [5, 5.41) is 2.05. The van der Waals surface area contributed by atoms with Crippen molar-refractivity contribution in [2.75, 3.05) is 0 Å². The van der Waals surface area contributed by atoms with Gasteiger partial charge in [-0.15, -0.1) is 11.3 Å². The molecule has 3 rings (SSSR count). The SMILES string of the molecule is Cc1cc(Br)cc2[nH]c(-c3sccc3Br)nc12. The second kappa shape index (κ2) is 4.23. The summed E-state index contributed by atoms with van der Waals surface area (Å²) in [4.78, 5) is 9.16. The number of imidazole rings is 1.